The molecule has 1 atom stereocenters. The summed E-state index contributed by atoms with van der Waals surface area (Å²) in [5.74, 6) is -3.56. The second-order valence-corrected chi connectivity index (χ2v) is 8.40. The molecule has 29 heavy (non-hydrogen) atoms. The minimum Gasteiger partial charge on any atom is -0.456 e. The molecule has 9 heteroatoms. The van der Waals surface area contributed by atoms with Gasteiger partial charge in [-0.15, -0.1) is 0 Å². The largest absolute Gasteiger partial charge is 0.456 e. The lowest BCUT2D eigenvalue weighted by Crippen LogP contribution is -2.40. The zero-order chi connectivity index (χ0) is 21.3. The van der Waals surface area contributed by atoms with Gasteiger partial charge in [-0.1, -0.05) is 25.4 Å². The van der Waals surface area contributed by atoms with Crippen LogP contribution >= 0.6 is 11.6 Å². The maximum atomic E-state index is 15.0. The Morgan fingerprint density at radius 3 is 2.52 bits per heavy atom. The summed E-state index contributed by atoms with van der Waals surface area (Å²) < 4.78 is 60.1. The molecule has 1 unspecified atom stereocenters. The Morgan fingerprint density at radius 2 is 1.86 bits per heavy atom. The summed E-state index contributed by atoms with van der Waals surface area (Å²) in [4.78, 5) is 25.6. The first-order chi connectivity index (χ1) is 13.4. The number of benzene rings is 1. The summed E-state index contributed by atoms with van der Waals surface area (Å²) in [6.45, 7) is 3.30. The van der Waals surface area contributed by atoms with Crippen LogP contribution in [0.5, 0.6) is 0 Å². The van der Waals surface area contributed by atoms with Gasteiger partial charge >= 0.3 is 12.1 Å². The number of ketones is 1. The number of esters is 1. The third-order valence-electron chi connectivity index (χ3n) is 5.65. The summed E-state index contributed by atoms with van der Waals surface area (Å²) in [6, 6.07) is 1.11. The number of hydrogen-bond acceptors (Lipinski definition) is 4. The van der Waals surface area contributed by atoms with Gasteiger partial charge in [0.15, 0.2) is 5.78 Å². The Bertz CT molecular complexity index is 1020. The molecule has 0 fully saturated rings. The summed E-state index contributed by atoms with van der Waals surface area (Å²) in [7, 11) is 0. The Balaban J connectivity index is 1.99. The summed E-state index contributed by atoms with van der Waals surface area (Å²) in [5, 5.41) is 2.28. The Kier molecular flexibility index (Phi) is 4.35. The number of alkyl halides is 3. The van der Waals surface area contributed by atoms with Gasteiger partial charge in [0.1, 0.15) is 12.4 Å². The first kappa shape index (κ1) is 19.9. The Morgan fingerprint density at radius 1 is 1.17 bits per heavy atom. The second-order valence-electron chi connectivity index (χ2n) is 7.99. The minimum absolute atomic E-state index is 0.0518. The van der Waals surface area contributed by atoms with E-state index >= 15 is 0 Å². The molecular weight excluding hydrogens is 414 g/mol. The topological polar surface area (TPSA) is 55.4 Å². The van der Waals surface area contributed by atoms with Crippen molar-refractivity contribution in [2.45, 2.75) is 38.8 Å². The molecule has 1 aromatic rings. The molecule has 4 rings (SSSR count). The highest BCUT2D eigenvalue weighted by Crippen LogP contribution is 2.50. The van der Waals surface area contributed by atoms with Gasteiger partial charge in [0, 0.05) is 22.2 Å². The minimum atomic E-state index is -4.78. The zero-order valence-electron chi connectivity index (χ0n) is 15.5. The van der Waals surface area contributed by atoms with Crippen LogP contribution in [0.2, 0.25) is 5.02 Å². The fourth-order valence-electron chi connectivity index (χ4n) is 4.06. The van der Waals surface area contributed by atoms with E-state index in [0.29, 0.717) is 36.4 Å². The molecule has 1 aromatic carbocycles. The van der Waals surface area contributed by atoms with Gasteiger partial charge in [-0.3, -0.25) is 4.79 Å². The van der Waals surface area contributed by atoms with Gasteiger partial charge in [-0.2, -0.15) is 13.2 Å². The van der Waals surface area contributed by atoms with Crippen LogP contribution in [-0.4, -0.2) is 18.4 Å². The van der Waals surface area contributed by atoms with Gasteiger partial charge < -0.3 is 10.1 Å². The van der Waals surface area contributed by atoms with E-state index in [9.17, 15) is 27.2 Å². The smallest absolute Gasteiger partial charge is 0.416 e. The molecular formula is C20H16ClF4NO3. The quantitative estimate of drug-likeness (QED) is 0.522. The average molecular weight is 430 g/mol. The van der Waals surface area contributed by atoms with E-state index in [1.807, 2.05) is 0 Å². The standard InChI is InChI=1S/C20H16ClF4NO3/c1-19(2)4-3-11-14(17(19)27)13(15-12(26-11)7-29-18(15)28)9-5-8(20(23,24)25)6-10(21)16(9)22/h5-6,13,26H,3-4,7H2,1-2H3. The van der Waals surface area contributed by atoms with Crippen molar-refractivity contribution in [1.82, 2.24) is 5.32 Å². The molecule has 4 nitrogen and oxygen atoms in total. The van der Waals surface area contributed by atoms with E-state index in [2.05, 4.69) is 5.32 Å². The molecule has 0 aromatic heterocycles. The molecule has 0 saturated heterocycles. The van der Waals surface area contributed by atoms with Gasteiger partial charge in [-0.25, -0.2) is 9.18 Å². The highest BCUT2D eigenvalue weighted by Gasteiger charge is 2.48. The number of Topliss-reactive ketones (excluding diaryl/α,β-unsaturated/α-hetero) is 1. The number of cyclic esters (lactones) is 1. The average Bonchev–Trinajstić information content (AvgIpc) is 2.99. The normalized spacial score (nSPS) is 23.6. The van der Waals surface area contributed by atoms with Crippen LogP contribution in [0, 0.1) is 11.2 Å². The van der Waals surface area contributed by atoms with Crippen LogP contribution in [0.3, 0.4) is 0 Å². The van der Waals surface area contributed by atoms with Crippen LogP contribution in [0.1, 0.15) is 43.7 Å². The van der Waals surface area contributed by atoms with E-state index in [1.165, 1.54) is 0 Å². The number of halogens is 5. The molecule has 0 radical (unpaired) electrons. The van der Waals surface area contributed by atoms with Crippen molar-refractivity contribution in [2.75, 3.05) is 6.61 Å². The monoisotopic (exact) mass is 429 g/mol. The molecule has 0 saturated carbocycles. The van der Waals surface area contributed by atoms with Crippen molar-refractivity contribution < 1.29 is 31.9 Å². The molecule has 0 spiro atoms. The SMILES string of the molecule is CC1(C)CCC2=C(C1=O)C(c1cc(C(F)(F)F)cc(Cl)c1F)C1=C(COC1=O)N2. The molecule has 154 valence electrons. The van der Waals surface area contributed by atoms with Crippen molar-refractivity contribution >= 4 is 23.4 Å². The van der Waals surface area contributed by atoms with Crippen molar-refractivity contribution in [3.05, 3.63) is 56.6 Å². The van der Waals surface area contributed by atoms with Gasteiger partial charge in [0.05, 0.1) is 27.8 Å². The van der Waals surface area contributed by atoms with Crippen molar-refractivity contribution in [1.29, 1.82) is 0 Å². The van der Waals surface area contributed by atoms with Crippen LogP contribution in [0.15, 0.2) is 34.7 Å². The molecule has 1 N–H and O–H groups in total. The fourth-order valence-corrected chi connectivity index (χ4v) is 4.28. The lowest BCUT2D eigenvalue weighted by atomic mass is 9.67. The molecule has 1 aliphatic carbocycles. The van der Waals surface area contributed by atoms with E-state index < -0.39 is 45.4 Å². The summed E-state index contributed by atoms with van der Waals surface area (Å²) in [6.07, 6.45) is -3.84. The van der Waals surface area contributed by atoms with Crippen LogP contribution < -0.4 is 5.32 Å². The number of ether oxygens (including phenoxy) is 1. The highest BCUT2D eigenvalue weighted by atomic mass is 35.5. The third kappa shape index (κ3) is 3.04. The third-order valence-corrected chi connectivity index (χ3v) is 5.93. The Hall–Kier alpha value is -2.35. The lowest BCUT2D eigenvalue weighted by molar-refractivity contribution is -0.137. The molecule has 0 amide bonds. The molecule has 2 aliphatic heterocycles. The van der Waals surface area contributed by atoms with Crippen LogP contribution in [-0.2, 0) is 20.5 Å². The first-order valence-electron chi connectivity index (χ1n) is 8.93. The van der Waals surface area contributed by atoms with E-state index in [0.717, 1.165) is 0 Å². The number of carbonyl (C=O) groups excluding carboxylic acids is 2. The summed E-state index contributed by atoms with van der Waals surface area (Å²) in [5.41, 5.74) is -1.58. The lowest BCUT2D eigenvalue weighted by Gasteiger charge is -2.38. The van der Waals surface area contributed by atoms with Crippen molar-refractivity contribution in [2.24, 2.45) is 5.41 Å². The number of carbonyl (C=O) groups is 2. The van der Waals surface area contributed by atoms with Crippen molar-refractivity contribution in [3.8, 4) is 0 Å². The highest BCUT2D eigenvalue weighted by molar-refractivity contribution is 6.31. The summed E-state index contributed by atoms with van der Waals surface area (Å²) >= 11 is 5.77. The number of hydrogen-bond donors (Lipinski definition) is 1. The van der Waals surface area contributed by atoms with E-state index in [1.54, 1.807) is 13.8 Å². The number of rotatable bonds is 1. The van der Waals surface area contributed by atoms with E-state index in [-0.39, 0.29) is 23.5 Å². The van der Waals surface area contributed by atoms with Crippen LogP contribution in [0.25, 0.3) is 0 Å². The predicted octanol–water partition coefficient (Wildman–Crippen LogP) is 4.64. The van der Waals surface area contributed by atoms with Gasteiger partial charge in [0.2, 0.25) is 0 Å². The number of allylic oxidation sites excluding steroid dienone is 2. The first-order valence-corrected chi connectivity index (χ1v) is 9.31. The van der Waals surface area contributed by atoms with E-state index in [4.69, 9.17) is 16.3 Å². The van der Waals surface area contributed by atoms with Gasteiger partial charge in [0.25, 0.3) is 0 Å². The number of dihydropyridines is 1. The number of nitrogens with one attached hydrogen (secondary N) is 1. The Labute approximate surface area is 168 Å². The molecule has 3 aliphatic rings. The second kappa shape index (κ2) is 6.32. The maximum absolute atomic E-state index is 15.0. The van der Waals surface area contributed by atoms with Crippen LogP contribution in [0.4, 0.5) is 17.6 Å². The molecule has 2 heterocycles. The zero-order valence-corrected chi connectivity index (χ0v) is 16.2. The molecule has 0 bridgehead atoms. The van der Waals surface area contributed by atoms with Gasteiger partial charge in [-0.05, 0) is 25.0 Å². The van der Waals surface area contributed by atoms with Crippen molar-refractivity contribution in [3.63, 3.8) is 0 Å². The predicted molar refractivity (Wildman–Crippen MR) is 95.3 cm³/mol. The maximum Gasteiger partial charge on any atom is 0.416 e. The fraction of sp³-hybridized carbons (Fsp3) is 0.400.